The van der Waals surface area contributed by atoms with E-state index in [9.17, 15) is 0 Å². The van der Waals surface area contributed by atoms with E-state index in [2.05, 4.69) is 19.7 Å². The van der Waals surface area contributed by atoms with Gasteiger partial charge in [-0.1, -0.05) is 6.42 Å². The molecule has 1 aromatic carbocycles. The normalized spacial score (nSPS) is 16.5. The molecule has 0 heterocycles. The standard InChI is InChI=1S/C12H15O.BrH.Zn/c1-3-7-11(8-4-1)13-12-9-5-2-6-10-12;;/h5-6,9-11H,1,3-4,7-8H2;1H;/q-1;;+2/p-1. The third-order valence-corrected chi connectivity index (χ3v) is 2.54. The van der Waals surface area contributed by atoms with Crippen LogP contribution in [-0.4, -0.2) is 6.10 Å². The summed E-state index contributed by atoms with van der Waals surface area (Å²) in [6.45, 7) is 0. The van der Waals surface area contributed by atoms with Gasteiger partial charge in [0.1, 0.15) is 0 Å². The summed E-state index contributed by atoms with van der Waals surface area (Å²) in [4.78, 5) is 0. The van der Waals surface area contributed by atoms with Crippen LogP contribution >= 0.6 is 13.6 Å². The Bertz CT molecular complexity index is 247. The fourth-order valence-electron chi connectivity index (χ4n) is 1.83. The van der Waals surface area contributed by atoms with Gasteiger partial charge in [-0.3, -0.25) is 0 Å². The fraction of sp³-hybridized carbons (Fsp3) is 0.500. The first kappa shape index (κ1) is 13.2. The summed E-state index contributed by atoms with van der Waals surface area (Å²) < 4.78 is 5.84. The molecule has 0 bridgehead atoms. The fourth-order valence-corrected chi connectivity index (χ4v) is 1.83. The number of hydrogen-bond acceptors (Lipinski definition) is 1. The summed E-state index contributed by atoms with van der Waals surface area (Å²) in [6.07, 6.45) is 6.92. The van der Waals surface area contributed by atoms with Crippen LogP contribution in [0.3, 0.4) is 0 Å². The van der Waals surface area contributed by atoms with Crippen LogP contribution < -0.4 is 4.74 Å². The summed E-state index contributed by atoms with van der Waals surface area (Å²) in [6, 6.07) is 10.8. The third kappa shape index (κ3) is 5.13. The second-order valence-corrected chi connectivity index (χ2v) is 3.61. The number of halogens is 1. The van der Waals surface area contributed by atoms with Crippen molar-refractivity contribution in [2.45, 2.75) is 38.2 Å². The number of ether oxygens (including phenoxy) is 1. The molecule has 15 heavy (non-hydrogen) atoms. The van der Waals surface area contributed by atoms with E-state index in [1.54, 1.807) is 0 Å². The monoisotopic (exact) mass is 318 g/mol. The molecule has 1 aliphatic carbocycles. The van der Waals surface area contributed by atoms with Crippen molar-refractivity contribution < 1.29 is 21.1 Å². The maximum atomic E-state index is 5.84. The van der Waals surface area contributed by atoms with E-state index in [1.165, 1.54) is 48.4 Å². The SMILES string of the molecule is [Zn+][Br].[c-]1ccc(OC2CCCCC2)cc1. The first-order valence-electron chi connectivity index (χ1n) is 5.34. The summed E-state index contributed by atoms with van der Waals surface area (Å²) >= 11 is 4.25. The minimum Gasteiger partial charge on any atom is -0.516 e. The Labute approximate surface area is 109 Å². The van der Waals surface area contributed by atoms with Crippen LogP contribution in [0.5, 0.6) is 5.75 Å². The van der Waals surface area contributed by atoms with E-state index in [1.807, 2.05) is 24.3 Å². The van der Waals surface area contributed by atoms with Gasteiger partial charge in [0.2, 0.25) is 0 Å². The molecule has 2 rings (SSSR count). The third-order valence-electron chi connectivity index (χ3n) is 2.54. The van der Waals surface area contributed by atoms with E-state index in [4.69, 9.17) is 4.74 Å². The van der Waals surface area contributed by atoms with E-state index in [-0.39, 0.29) is 0 Å². The Balaban J connectivity index is 0.000000531. The van der Waals surface area contributed by atoms with Crippen LogP contribution in [0, 0.1) is 6.07 Å². The molecule has 0 N–H and O–H groups in total. The molecule has 0 unspecified atom stereocenters. The van der Waals surface area contributed by atoms with Crippen molar-refractivity contribution in [3.8, 4) is 5.75 Å². The van der Waals surface area contributed by atoms with Gasteiger partial charge in [0, 0.05) is 5.75 Å². The second-order valence-electron chi connectivity index (χ2n) is 3.61. The average molecular weight is 321 g/mol. The molecule has 1 aromatic rings. The number of hydrogen-bond donors (Lipinski definition) is 0. The van der Waals surface area contributed by atoms with Crippen molar-refractivity contribution in [1.29, 1.82) is 0 Å². The first-order chi connectivity index (χ1) is 7.45. The van der Waals surface area contributed by atoms with Crippen molar-refractivity contribution in [2.24, 2.45) is 0 Å². The van der Waals surface area contributed by atoms with Crippen LogP contribution in [0.4, 0.5) is 0 Å². The second kappa shape index (κ2) is 8.30. The summed E-state index contributed by atoms with van der Waals surface area (Å²) in [7, 11) is 0. The zero-order valence-electron chi connectivity index (χ0n) is 8.92. The molecule has 0 atom stereocenters. The Morgan fingerprint density at radius 2 is 1.73 bits per heavy atom. The molecular weight excluding hydrogens is 305 g/mol. The van der Waals surface area contributed by atoms with Crippen LogP contribution in [-0.2, 0) is 16.3 Å². The molecule has 0 spiro atoms. The predicted molar refractivity (Wildman–Crippen MR) is 61.7 cm³/mol. The Kier molecular flexibility index (Phi) is 7.29. The molecule has 1 fully saturated rings. The van der Waals surface area contributed by atoms with Crippen LogP contribution in [0.2, 0.25) is 0 Å². The average Bonchev–Trinajstić information content (AvgIpc) is 2.34. The number of benzene rings is 1. The van der Waals surface area contributed by atoms with Gasteiger partial charge in [-0.25, -0.2) is 0 Å². The largest absolute Gasteiger partial charge is 0.516 e. The summed E-state index contributed by atoms with van der Waals surface area (Å²) in [5, 5.41) is 0. The van der Waals surface area contributed by atoms with Gasteiger partial charge in [0.25, 0.3) is 0 Å². The van der Waals surface area contributed by atoms with Gasteiger partial charge in [-0.05, 0) is 25.7 Å². The van der Waals surface area contributed by atoms with Crippen LogP contribution in [0.25, 0.3) is 0 Å². The van der Waals surface area contributed by atoms with E-state index >= 15 is 0 Å². The zero-order chi connectivity index (χ0) is 10.9. The molecule has 0 saturated heterocycles. The summed E-state index contributed by atoms with van der Waals surface area (Å²) in [5.41, 5.74) is 0. The number of rotatable bonds is 2. The molecule has 78 valence electrons. The maximum Gasteiger partial charge on any atom is 0.0955 e. The molecule has 3 heteroatoms. The predicted octanol–water partition coefficient (Wildman–Crippen LogP) is 4.04. The van der Waals surface area contributed by atoms with Crippen molar-refractivity contribution >= 4 is 13.6 Å². The van der Waals surface area contributed by atoms with Gasteiger partial charge < -0.3 is 4.74 Å². The van der Waals surface area contributed by atoms with Gasteiger partial charge >= 0.3 is 30.0 Å². The molecule has 0 amide bonds. The first-order valence-corrected chi connectivity index (χ1v) is 12.3. The molecule has 0 aromatic heterocycles. The topological polar surface area (TPSA) is 9.23 Å². The molecule has 1 aliphatic rings. The van der Waals surface area contributed by atoms with Crippen LogP contribution in [0.15, 0.2) is 24.3 Å². The van der Waals surface area contributed by atoms with Crippen molar-refractivity contribution in [3.05, 3.63) is 30.3 Å². The van der Waals surface area contributed by atoms with Crippen LogP contribution in [0.1, 0.15) is 32.1 Å². The zero-order valence-corrected chi connectivity index (χ0v) is 13.5. The Hall–Kier alpha value is 0.123. The van der Waals surface area contributed by atoms with Gasteiger partial charge in [0.15, 0.2) is 0 Å². The van der Waals surface area contributed by atoms with E-state index in [0.29, 0.717) is 6.10 Å². The van der Waals surface area contributed by atoms with Gasteiger partial charge in [-0.2, -0.15) is 18.2 Å². The molecule has 0 aliphatic heterocycles. The minimum absolute atomic E-state index is 0.455. The quantitative estimate of drug-likeness (QED) is 0.590. The van der Waals surface area contributed by atoms with Crippen molar-refractivity contribution in [1.82, 2.24) is 0 Å². The molecule has 0 radical (unpaired) electrons. The van der Waals surface area contributed by atoms with E-state index < -0.39 is 0 Å². The molecule has 1 saturated carbocycles. The minimum atomic E-state index is 0.455. The Morgan fingerprint density at radius 3 is 2.33 bits per heavy atom. The van der Waals surface area contributed by atoms with Crippen molar-refractivity contribution in [2.75, 3.05) is 0 Å². The summed E-state index contributed by atoms with van der Waals surface area (Å²) in [5.74, 6) is 0.991. The van der Waals surface area contributed by atoms with Gasteiger partial charge in [0.05, 0.1) is 6.10 Å². The maximum absolute atomic E-state index is 5.84. The van der Waals surface area contributed by atoms with Gasteiger partial charge in [-0.15, -0.1) is 12.1 Å². The van der Waals surface area contributed by atoms with E-state index in [0.717, 1.165) is 5.75 Å². The molecular formula is C12H15BrOZn. The smallest absolute Gasteiger partial charge is 0.0955 e. The Morgan fingerprint density at radius 1 is 1.13 bits per heavy atom. The van der Waals surface area contributed by atoms with Crippen molar-refractivity contribution in [3.63, 3.8) is 0 Å². The molecule has 1 nitrogen and oxygen atoms in total.